The smallest absolute Gasteiger partial charge is 0.410 e. The Labute approximate surface area is 201 Å². The van der Waals surface area contributed by atoms with Crippen LogP contribution in [0.25, 0.3) is 27.7 Å². The van der Waals surface area contributed by atoms with E-state index in [2.05, 4.69) is 10.1 Å². The lowest BCUT2D eigenvalue weighted by Gasteiger charge is -2.24. The van der Waals surface area contributed by atoms with Crippen molar-refractivity contribution in [2.24, 2.45) is 0 Å². The zero-order chi connectivity index (χ0) is 25.1. The van der Waals surface area contributed by atoms with Crippen LogP contribution in [0.15, 0.2) is 41.5 Å². The van der Waals surface area contributed by atoms with Crippen molar-refractivity contribution >= 4 is 22.5 Å². The number of imidazole rings is 1. The van der Waals surface area contributed by atoms with Crippen molar-refractivity contribution in [2.75, 3.05) is 13.1 Å². The van der Waals surface area contributed by atoms with Gasteiger partial charge in [0.05, 0.1) is 29.0 Å². The van der Waals surface area contributed by atoms with Crippen molar-refractivity contribution in [2.45, 2.75) is 52.7 Å². The first-order valence-corrected chi connectivity index (χ1v) is 11.7. The third kappa shape index (κ3) is 4.26. The van der Waals surface area contributed by atoms with Crippen LogP contribution in [-0.4, -0.2) is 48.8 Å². The van der Waals surface area contributed by atoms with Crippen molar-refractivity contribution < 1.29 is 13.9 Å². The van der Waals surface area contributed by atoms with Crippen LogP contribution in [0.1, 0.15) is 44.5 Å². The van der Waals surface area contributed by atoms with Gasteiger partial charge in [0.15, 0.2) is 5.65 Å². The summed E-state index contributed by atoms with van der Waals surface area (Å²) in [6.07, 6.45) is 3.69. The first-order valence-electron chi connectivity index (χ1n) is 11.7. The number of hydrogen-bond acceptors (Lipinski definition) is 5. The predicted molar refractivity (Wildman–Crippen MR) is 131 cm³/mol. The van der Waals surface area contributed by atoms with Crippen LogP contribution in [-0.2, 0) is 4.74 Å². The van der Waals surface area contributed by atoms with E-state index in [-0.39, 0.29) is 11.4 Å². The van der Waals surface area contributed by atoms with E-state index in [1.54, 1.807) is 27.7 Å². The highest BCUT2D eigenvalue weighted by Crippen LogP contribution is 2.28. The molecule has 0 N–H and O–H groups in total. The zero-order valence-corrected chi connectivity index (χ0v) is 20.5. The minimum Gasteiger partial charge on any atom is -0.444 e. The Morgan fingerprint density at radius 1 is 1.20 bits per heavy atom. The summed E-state index contributed by atoms with van der Waals surface area (Å²) in [5.41, 5.74) is 2.71. The molecule has 5 rings (SSSR count). The Balaban J connectivity index is 1.48. The number of nitrogens with zero attached hydrogens (tertiary/aromatic N) is 5. The van der Waals surface area contributed by atoms with E-state index >= 15 is 4.39 Å². The minimum atomic E-state index is -0.597. The summed E-state index contributed by atoms with van der Waals surface area (Å²) in [5.74, 6) is -0.597. The number of fused-ring (bicyclic) bond motifs is 2. The van der Waals surface area contributed by atoms with E-state index < -0.39 is 23.1 Å². The molecule has 35 heavy (non-hydrogen) atoms. The third-order valence-electron chi connectivity index (χ3n) is 6.22. The van der Waals surface area contributed by atoms with E-state index in [1.807, 2.05) is 46.9 Å². The molecule has 182 valence electrons. The number of pyridine rings is 1. The Kier molecular flexibility index (Phi) is 5.38. The Morgan fingerprint density at radius 2 is 1.97 bits per heavy atom. The van der Waals surface area contributed by atoms with Crippen LogP contribution in [0.2, 0.25) is 0 Å². The highest BCUT2D eigenvalue weighted by molar-refractivity contribution is 5.87. The Bertz CT molecular complexity index is 1530. The SMILES string of the molecule is Cc1cn2nc(-c3cc(F)c4c(=O)n(C5CCN(C(=O)OC(C)(C)C)C5)ccc4c3)cc(C)c2n1. The molecule has 4 aromatic rings. The number of benzene rings is 1. The van der Waals surface area contributed by atoms with Crippen LogP contribution in [0, 0.1) is 19.7 Å². The van der Waals surface area contributed by atoms with Crippen LogP contribution in [0.3, 0.4) is 0 Å². The lowest BCUT2D eigenvalue weighted by Crippen LogP contribution is -2.36. The van der Waals surface area contributed by atoms with Crippen molar-refractivity contribution in [3.63, 3.8) is 0 Å². The van der Waals surface area contributed by atoms with Gasteiger partial charge in [-0.15, -0.1) is 0 Å². The number of ether oxygens (including phenoxy) is 1. The second-order valence-corrected chi connectivity index (χ2v) is 10.2. The summed E-state index contributed by atoms with van der Waals surface area (Å²) in [6.45, 7) is 10.1. The molecular formula is C26H28FN5O3. The van der Waals surface area contributed by atoms with E-state index in [0.29, 0.717) is 36.2 Å². The topological polar surface area (TPSA) is 81.7 Å². The third-order valence-corrected chi connectivity index (χ3v) is 6.22. The molecule has 1 aromatic carbocycles. The van der Waals surface area contributed by atoms with Crippen molar-refractivity contribution in [1.82, 2.24) is 24.1 Å². The normalized spacial score (nSPS) is 16.4. The maximum Gasteiger partial charge on any atom is 0.410 e. The number of hydrogen-bond donors (Lipinski definition) is 0. The molecule has 0 aliphatic carbocycles. The van der Waals surface area contributed by atoms with Gasteiger partial charge in [-0.1, -0.05) is 0 Å². The summed E-state index contributed by atoms with van der Waals surface area (Å²) in [6, 6.07) is 6.50. The summed E-state index contributed by atoms with van der Waals surface area (Å²) in [7, 11) is 0. The Morgan fingerprint density at radius 3 is 2.71 bits per heavy atom. The quantitative estimate of drug-likeness (QED) is 0.420. The van der Waals surface area contributed by atoms with Gasteiger partial charge in [-0.05, 0) is 76.3 Å². The van der Waals surface area contributed by atoms with Gasteiger partial charge in [0.2, 0.25) is 0 Å². The predicted octanol–water partition coefficient (Wildman–Crippen LogP) is 4.65. The summed E-state index contributed by atoms with van der Waals surface area (Å²) in [5, 5.41) is 5.12. The van der Waals surface area contributed by atoms with Gasteiger partial charge in [-0.25, -0.2) is 18.7 Å². The van der Waals surface area contributed by atoms with Crippen LogP contribution in [0.5, 0.6) is 0 Å². The fourth-order valence-electron chi connectivity index (χ4n) is 4.63. The molecule has 0 spiro atoms. The lowest BCUT2D eigenvalue weighted by molar-refractivity contribution is 0.0289. The summed E-state index contributed by atoms with van der Waals surface area (Å²) in [4.78, 5) is 31.7. The highest BCUT2D eigenvalue weighted by atomic mass is 19.1. The van der Waals surface area contributed by atoms with Gasteiger partial charge in [0, 0.05) is 24.8 Å². The van der Waals surface area contributed by atoms with Gasteiger partial charge in [0.1, 0.15) is 11.4 Å². The molecule has 1 fully saturated rings. The first kappa shape index (κ1) is 23.0. The number of halogens is 1. The van der Waals surface area contributed by atoms with Gasteiger partial charge in [-0.2, -0.15) is 5.10 Å². The maximum atomic E-state index is 15.3. The fraction of sp³-hybridized carbons (Fsp3) is 0.385. The van der Waals surface area contributed by atoms with E-state index in [4.69, 9.17) is 4.74 Å². The molecule has 0 bridgehead atoms. The fourth-order valence-corrected chi connectivity index (χ4v) is 4.63. The molecule has 8 nitrogen and oxygen atoms in total. The number of carbonyl (C=O) groups excluding carboxylic acids is 1. The molecule has 9 heteroatoms. The van der Waals surface area contributed by atoms with Gasteiger partial charge >= 0.3 is 6.09 Å². The molecule has 1 saturated heterocycles. The van der Waals surface area contributed by atoms with E-state index in [1.165, 1.54) is 10.6 Å². The zero-order valence-electron chi connectivity index (χ0n) is 20.5. The molecule has 1 unspecified atom stereocenters. The molecule has 1 aliphatic heterocycles. The van der Waals surface area contributed by atoms with Crippen LogP contribution >= 0.6 is 0 Å². The second-order valence-electron chi connectivity index (χ2n) is 10.2. The molecule has 0 radical (unpaired) electrons. The molecular weight excluding hydrogens is 449 g/mol. The maximum absolute atomic E-state index is 15.3. The molecule has 1 atom stereocenters. The number of rotatable bonds is 2. The van der Waals surface area contributed by atoms with Crippen molar-refractivity contribution in [1.29, 1.82) is 0 Å². The van der Waals surface area contributed by atoms with Crippen LogP contribution in [0.4, 0.5) is 9.18 Å². The molecule has 1 aliphatic rings. The molecule has 0 saturated carbocycles. The molecule has 4 heterocycles. The lowest BCUT2D eigenvalue weighted by atomic mass is 10.0. The minimum absolute atomic E-state index is 0.0308. The Hall–Kier alpha value is -3.75. The van der Waals surface area contributed by atoms with E-state index in [9.17, 15) is 9.59 Å². The first-order chi connectivity index (χ1) is 16.5. The standard InChI is InChI=1S/C26H28FN5O3/c1-15-10-21(29-32-13-16(2)28-23(15)32)18-11-17-6-9-31(24(33)22(17)20(27)12-18)19-7-8-30(14-19)25(34)35-26(3,4)5/h6,9-13,19H,7-8,14H2,1-5H3. The average Bonchev–Trinajstić information content (AvgIpc) is 3.39. The number of aromatic nitrogens is 4. The van der Waals surface area contributed by atoms with Gasteiger partial charge < -0.3 is 14.2 Å². The van der Waals surface area contributed by atoms with E-state index in [0.717, 1.165) is 16.9 Å². The monoisotopic (exact) mass is 477 g/mol. The van der Waals surface area contributed by atoms with Gasteiger partial charge in [-0.3, -0.25) is 4.79 Å². The molecule has 3 aromatic heterocycles. The highest BCUT2D eigenvalue weighted by Gasteiger charge is 2.31. The number of likely N-dealkylation sites (tertiary alicyclic amines) is 1. The largest absolute Gasteiger partial charge is 0.444 e. The summed E-state index contributed by atoms with van der Waals surface area (Å²) >= 11 is 0. The number of amides is 1. The number of carbonyl (C=O) groups is 1. The van der Waals surface area contributed by atoms with Crippen molar-refractivity contribution in [3.8, 4) is 11.3 Å². The average molecular weight is 478 g/mol. The second kappa shape index (κ2) is 8.18. The summed E-state index contributed by atoms with van der Waals surface area (Å²) < 4.78 is 24.0. The van der Waals surface area contributed by atoms with Crippen molar-refractivity contribution in [3.05, 3.63) is 64.1 Å². The number of aryl methyl sites for hydroxylation is 2. The molecule has 1 amide bonds. The van der Waals surface area contributed by atoms with Crippen LogP contribution < -0.4 is 5.56 Å². The van der Waals surface area contributed by atoms with Gasteiger partial charge in [0.25, 0.3) is 5.56 Å².